The third kappa shape index (κ3) is 3.34. The second-order valence-electron chi connectivity index (χ2n) is 4.61. The Labute approximate surface area is 114 Å². The fourth-order valence-electron chi connectivity index (χ4n) is 1.99. The number of hydrogen-bond donors (Lipinski definition) is 2. The first kappa shape index (κ1) is 13.1. The molecule has 1 saturated heterocycles. The second kappa shape index (κ2) is 6.02. The molecular weight excluding hydrogens is 246 g/mol. The van der Waals surface area contributed by atoms with Gasteiger partial charge in [0.1, 0.15) is 5.75 Å². The molecule has 0 amide bonds. The zero-order valence-electron chi connectivity index (χ0n) is 10.9. The summed E-state index contributed by atoms with van der Waals surface area (Å²) in [7, 11) is 3.89. The summed E-state index contributed by atoms with van der Waals surface area (Å²) in [4.78, 5) is 3.79. The molecule has 1 aliphatic heterocycles. The Hall–Kier alpha value is -1.33. The molecule has 1 heterocycles. The van der Waals surface area contributed by atoms with E-state index >= 15 is 0 Å². The number of anilines is 1. The van der Waals surface area contributed by atoms with Gasteiger partial charge < -0.3 is 19.9 Å². The van der Waals surface area contributed by atoms with Crippen LogP contribution in [-0.2, 0) is 0 Å². The molecule has 0 aromatic heterocycles. The number of methoxy groups -OCH3 is 1. The molecule has 4 nitrogen and oxygen atoms in total. The number of hydrogen-bond acceptors (Lipinski definition) is 2. The summed E-state index contributed by atoms with van der Waals surface area (Å²) in [6, 6.07) is 7.83. The number of likely N-dealkylation sites (N-methyl/N-ethyl adjacent to an activating group) is 1. The molecule has 18 heavy (non-hydrogen) atoms. The van der Waals surface area contributed by atoms with Gasteiger partial charge in [0, 0.05) is 11.8 Å². The molecule has 0 bridgehead atoms. The number of rotatable bonds is 2. The highest BCUT2D eigenvalue weighted by Gasteiger charge is 2.18. The van der Waals surface area contributed by atoms with Crippen LogP contribution < -0.4 is 15.0 Å². The maximum Gasteiger partial charge on any atom is 0.173 e. The van der Waals surface area contributed by atoms with Crippen molar-refractivity contribution in [3.05, 3.63) is 24.3 Å². The van der Waals surface area contributed by atoms with Crippen molar-refractivity contribution in [1.82, 2.24) is 4.90 Å². The highest BCUT2D eigenvalue weighted by Crippen LogP contribution is 2.17. The zero-order valence-corrected chi connectivity index (χ0v) is 11.7. The molecule has 5 heteroatoms. The van der Waals surface area contributed by atoms with Crippen molar-refractivity contribution in [3.63, 3.8) is 0 Å². The predicted molar refractivity (Wildman–Crippen MR) is 77.4 cm³/mol. The van der Waals surface area contributed by atoms with E-state index < -0.39 is 0 Å². The van der Waals surface area contributed by atoms with Crippen LogP contribution in [0.3, 0.4) is 0 Å². The largest absolute Gasteiger partial charge is 0.497 e. The Bertz CT molecular complexity index is 416. The fraction of sp³-hybridized carbons (Fsp3) is 0.462. The molecule has 1 aromatic rings. The van der Waals surface area contributed by atoms with E-state index in [2.05, 4.69) is 17.3 Å². The molecule has 2 N–H and O–H groups in total. The minimum Gasteiger partial charge on any atom is -0.497 e. The average Bonchev–Trinajstić information content (AvgIpc) is 2.39. The van der Waals surface area contributed by atoms with Crippen molar-refractivity contribution in [1.29, 1.82) is 0 Å². The smallest absolute Gasteiger partial charge is 0.173 e. The average molecular weight is 266 g/mol. The molecule has 0 spiro atoms. The summed E-state index contributed by atoms with van der Waals surface area (Å²) in [5, 5.41) is 4.07. The highest BCUT2D eigenvalue weighted by atomic mass is 32.1. The highest BCUT2D eigenvalue weighted by molar-refractivity contribution is 7.80. The SMILES string of the molecule is COc1cccc(NC(=S)N2CC[NH+](C)CC2)c1. The topological polar surface area (TPSA) is 28.9 Å². The van der Waals surface area contributed by atoms with Crippen molar-refractivity contribution >= 4 is 23.0 Å². The summed E-state index contributed by atoms with van der Waals surface area (Å²) >= 11 is 5.44. The molecule has 98 valence electrons. The Balaban J connectivity index is 1.94. The van der Waals surface area contributed by atoms with Gasteiger partial charge in [0.05, 0.1) is 40.3 Å². The van der Waals surface area contributed by atoms with E-state index in [1.165, 1.54) is 0 Å². The summed E-state index contributed by atoms with van der Waals surface area (Å²) < 4.78 is 5.20. The number of benzene rings is 1. The lowest BCUT2D eigenvalue weighted by Crippen LogP contribution is -3.12. The van der Waals surface area contributed by atoms with Crippen LogP contribution in [0.5, 0.6) is 5.75 Å². The minimum absolute atomic E-state index is 0.802. The van der Waals surface area contributed by atoms with Gasteiger partial charge in [0.15, 0.2) is 5.11 Å². The number of nitrogens with one attached hydrogen (secondary N) is 2. The minimum atomic E-state index is 0.802. The summed E-state index contributed by atoms with van der Waals surface area (Å²) in [5.41, 5.74) is 0.977. The van der Waals surface area contributed by atoms with E-state index in [1.807, 2.05) is 24.3 Å². The van der Waals surface area contributed by atoms with Crippen LogP contribution in [0.4, 0.5) is 5.69 Å². The maximum absolute atomic E-state index is 5.44. The Morgan fingerprint density at radius 3 is 2.78 bits per heavy atom. The molecule has 1 aliphatic rings. The van der Waals surface area contributed by atoms with Crippen molar-refractivity contribution in [2.24, 2.45) is 0 Å². The van der Waals surface area contributed by atoms with Crippen molar-refractivity contribution in [3.8, 4) is 5.75 Å². The Morgan fingerprint density at radius 1 is 1.39 bits per heavy atom. The van der Waals surface area contributed by atoms with Gasteiger partial charge in [0.2, 0.25) is 0 Å². The molecule has 2 rings (SSSR count). The van der Waals surface area contributed by atoms with E-state index in [0.717, 1.165) is 42.7 Å². The fourth-order valence-corrected chi connectivity index (χ4v) is 2.30. The van der Waals surface area contributed by atoms with Gasteiger partial charge in [0.25, 0.3) is 0 Å². The number of piperazine rings is 1. The van der Waals surface area contributed by atoms with E-state index in [-0.39, 0.29) is 0 Å². The van der Waals surface area contributed by atoms with Gasteiger partial charge in [-0.1, -0.05) is 6.07 Å². The maximum atomic E-state index is 5.44. The van der Waals surface area contributed by atoms with Gasteiger partial charge >= 0.3 is 0 Å². The van der Waals surface area contributed by atoms with Crippen LogP contribution >= 0.6 is 12.2 Å². The molecular formula is C13H20N3OS+. The van der Waals surface area contributed by atoms with Crippen LogP contribution in [0.15, 0.2) is 24.3 Å². The third-order valence-electron chi connectivity index (χ3n) is 3.23. The van der Waals surface area contributed by atoms with Crippen LogP contribution in [0.25, 0.3) is 0 Å². The lowest BCUT2D eigenvalue weighted by Gasteiger charge is -2.32. The van der Waals surface area contributed by atoms with E-state index in [0.29, 0.717) is 0 Å². The van der Waals surface area contributed by atoms with Crippen LogP contribution in [0, 0.1) is 0 Å². The van der Waals surface area contributed by atoms with Crippen molar-refractivity contribution in [2.75, 3.05) is 45.7 Å². The molecule has 0 radical (unpaired) electrons. The second-order valence-corrected chi connectivity index (χ2v) is 4.99. The third-order valence-corrected chi connectivity index (χ3v) is 3.59. The van der Waals surface area contributed by atoms with Crippen molar-refractivity contribution in [2.45, 2.75) is 0 Å². The molecule has 0 saturated carbocycles. The summed E-state index contributed by atoms with van der Waals surface area (Å²) in [6.45, 7) is 4.31. The predicted octanol–water partition coefficient (Wildman–Crippen LogP) is 0.222. The normalized spacial score (nSPS) is 16.4. The lowest BCUT2D eigenvalue weighted by molar-refractivity contribution is -0.883. The molecule has 1 fully saturated rings. The molecule has 0 atom stereocenters. The summed E-state index contributed by atoms with van der Waals surface area (Å²) in [6.07, 6.45) is 0. The van der Waals surface area contributed by atoms with Crippen LogP contribution in [-0.4, -0.2) is 50.3 Å². The van der Waals surface area contributed by atoms with Gasteiger partial charge in [-0.3, -0.25) is 0 Å². The summed E-state index contributed by atoms with van der Waals surface area (Å²) in [5.74, 6) is 0.839. The van der Waals surface area contributed by atoms with Crippen LogP contribution in [0.2, 0.25) is 0 Å². The first-order valence-electron chi connectivity index (χ1n) is 6.20. The first-order valence-corrected chi connectivity index (χ1v) is 6.61. The number of thiocarbonyl (C=S) groups is 1. The van der Waals surface area contributed by atoms with Crippen molar-refractivity contribution < 1.29 is 9.64 Å². The first-order chi connectivity index (χ1) is 8.69. The van der Waals surface area contributed by atoms with Gasteiger partial charge in [-0.2, -0.15) is 0 Å². The quantitative estimate of drug-likeness (QED) is 0.750. The Morgan fingerprint density at radius 2 is 2.11 bits per heavy atom. The van der Waals surface area contributed by atoms with E-state index in [4.69, 9.17) is 17.0 Å². The Kier molecular flexibility index (Phi) is 4.38. The molecule has 0 aliphatic carbocycles. The van der Waals surface area contributed by atoms with Gasteiger partial charge in [-0.15, -0.1) is 0 Å². The monoisotopic (exact) mass is 266 g/mol. The number of ether oxygens (including phenoxy) is 1. The molecule has 1 aromatic carbocycles. The van der Waals surface area contributed by atoms with E-state index in [9.17, 15) is 0 Å². The molecule has 0 unspecified atom stereocenters. The van der Waals surface area contributed by atoms with E-state index in [1.54, 1.807) is 12.0 Å². The van der Waals surface area contributed by atoms with Gasteiger partial charge in [-0.05, 0) is 24.4 Å². The lowest BCUT2D eigenvalue weighted by atomic mass is 10.3. The van der Waals surface area contributed by atoms with Gasteiger partial charge in [-0.25, -0.2) is 0 Å². The number of quaternary nitrogens is 1. The number of nitrogens with zero attached hydrogens (tertiary/aromatic N) is 1. The van der Waals surface area contributed by atoms with Crippen LogP contribution in [0.1, 0.15) is 0 Å². The zero-order chi connectivity index (χ0) is 13.0. The standard InChI is InChI=1S/C13H19N3OS/c1-15-6-8-16(9-7-15)13(18)14-11-4-3-5-12(10-11)17-2/h3-5,10H,6-9H2,1-2H3,(H,14,18)/p+1.